The van der Waals surface area contributed by atoms with Crippen LogP contribution in [0.15, 0.2) is 30.4 Å². The van der Waals surface area contributed by atoms with Crippen LogP contribution in [0.1, 0.15) is 24.0 Å². The van der Waals surface area contributed by atoms with Gasteiger partial charge >= 0.3 is 5.97 Å². The van der Waals surface area contributed by atoms with E-state index < -0.39 is 25.0 Å². The molecule has 1 fully saturated rings. The number of aryl methyl sites for hydroxylation is 2. The number of ether oxygens (including phenoxy) is 1. The summed E-state index contributed by atoms with van der Waals surface area (Å²) < 4.78 is 4.95. The summed E-state index contributed by atoms with van der Waals surface area (Å²) in [7, 11) is 0. The molecule has 1 N–H and O–H groups in total. The van der Waals surface area contributed by atoms with Crippen LogP contribution in [-0.2, 0) is 23.9 Å². The van der Waals surface area contributed by atoms with E-state index in [2.05, 4.69) is 5.32 Å². The van der Waals surface area contributed by atoms with E-state index in [9.17, 15) is 19.2 Å². The Morgan fingerprint density at radius 3 is 2.37 bits per heavy atom. The van der Waals surface area contributed by atoms with Gasteiger partial charge in [0.25, 0.3) is 5.91 Å². The second kappa shape index (κ2) is 7.73. The topological polar surface area (TPSA) is 92.8 Å². The Kier molecular flexibility index (Phi) is 5.39. The molecule has 0 unspecified atom stereocenters. The fourth-order valence-electron chi connectivity index (χ4n) is 3.40. The summed E-state index contributed by atoms with van der Waals surface area (Å²) >= 11 is 0. The van der Waals surface area contributed by atoms with Gasteiger partial charge in [0.1, 0.15) is 6.54 Å². The Labute approximate surface area is 157 Å². The van der Waals surface area contributed by atoms with Crippen molar-refractivity contribution in [2.45, 2.75) is 26.7 Å². The normalized spacial score (nSPS) is 21.2. The molecule has 1 saturated heterocycles. The standard InChI is InChI=1S/C20H22N2O5/c1-12-7-8-13(2)16(9-12)21-17(23)11-27-18(24)10-22-19(25)14-5-3-4-6-15(14)20(22)26/h3-4,7-9,14-15H,5-6,10-11H2,1-2H3,(H,21,23)/t14-,15+. The highest BCUT2D eigenvalue weighted by Gasteiger charge is 2.47. The minimum absolute atomic E-state index is 0.342. The predicted octanol–water partition coefficient (Wildman–Crippen LogP) is 1.74. The van der Waals surface area contributed by atoms with E-state index in [-0.39, 0.29) is 23.7 Å². The van der Waals surface area contributed by atoms with Crippen LogP contribution in [0.5, 0.6) is 0 Å². The third kappa shape index (κ3) is 4.07. The highest BCUT2D eigenvalue weighted by Crippen LogP contribution is 2.34. The van der Waals surface area contributed by atoms with Gasteiger partial charge in [0.15, 0.2) is 6.61 Å². The van der Waals surface area contributed by atoms with E-state index >= 15 is 0 Å². The molecule has 142 valence electrons. The summed E-state index contributed by atoms with van der Waals surface area (Å²) in [5.74, 6) is -2.71. The van der Waals surface area contributed by atoms with E-state index in [1.807, 2.05) is 44.2 Å². The number of anilines is 1. The number of likely N-dealkylation sites (tertiary alicyclic amines) is 1. The van der Waals surface area contributed by atoms with Gasteiger partial charge in [-0.15, -0.1) is 0 Å². The molecule has 1 aliphatic carbocycles. The molecule has 0 radical (unpaired) electrons. The van der Waals surface area contributed by atoms with E-state index in [1.165, 1.54) is 0 Å². The van der Waals surface area contributed by atoms with Crippen molar-refractivity contribution in [3.8, 4) is 0 Å². The SMILES string of the molecule is Cc1ccc(C)c(NC(=O)COC(=O)CN2C(=O)[C@H]3CC=CC[C@H]3C2=O)c1. The first-order valence-corrected chi connectivity index (χ1v) is 8.89. The monoisotopic (exact) mass is 370 g/mol. The quantitative estimate of drug-likeness (QED) is 0.484. The fourth-order valence-corrected chi connectivity index (χ4v) is 3.40. The van der Waals surface area contributed by atoms with Crippen LogP contribution in [0.3, 0.4) is 0 Å². The Balaban J connectivity index is 1.51. The Morgan fingerprint density at radius 1 is 1.11 bits per heavy atom. The highest BCUT2D eigenvalue weighted by molar-refractivity contribution is 6.07. The summed E-state index contributed by atoms with van der Waals surface area (Å²) in [5, 5.41) is 2.69. The lowest BCUT2D eigenvalue weighted by atomic mass is 9.85. The Morgan fingerprint density at radius 2 is 1.74 bits per heavy atom. The fraction of sp³-hybridized carbons (Fsp3) is 0.400. The third-order valence-corrected chi connectivity index (χ3v) is 4.92. The van der Waals surface area contributed by atoms with Crippen LogP contribution < -0.4 is 5.32 Å². The lowest BCUT2D eigenvalue weighted by molar-refractivity contribution is -0.154. The van der Waals surface area contributed by atoms with E-state index in [0.717, 1.165) is 16.0 Å². The molecule has 1 aromatic rings. The zero-order chi connectivity index (χ0) is 19.6. The lowest BCUT2D eigenvalue weighted by Gasteiger charge is -2.14. The number of benzene rings is 1. The number of carbonyl (C=O) groups is 4. The van der Waals surface area contributed by atoms with Crippen molar-refractivity contribution in [3.63, 3.8) is 0 Å². The first-order valence-electron chi connectivity index (χ1n) is 8.89. The Bertz CT molecular complexity index is 804. The molecule has 1 heterocycles. The van der Waals surface area contributed by atoms with Crippen LogP contribution >= 0.6 is 0 Å². The maximum atomic E-state index is 12.3. The number of rotatable bonds is 5. The van der Waals surface area contributed by atoms with Crippen molar-refractivity contribution in [2.24, 2.45) is 11.8 Å². The number of imide groups is 1. The number of nitrogens with one attached hydrogen (secondary N) is 1. The van der Waals surface area contributed by atoms with Crippen LogP contribution in [0.25, 0.3) is 0 Å². The maximum absolute atomic E-state index is 12.3. The second-order valence-electron chi connectivity index (χ2n) is 6.95. The average Bonchev–Trinajstić information content (AvgIpc) is 2.88. The average molecular weight is 370 g/mol. The number of fused-ring (bicyclic) bond motifs is 1. The number of nitrogens with zero attached hydrogens (tertiary/aromatic N) is 1. The van der Waals surface area contributed by atoms with Crippen molar-refractivity contribution < 1.29 is 23.9 Å². The van der Waals surface area contributed by atoms with Crippen LogP contribution in [0, 0.1) is 25.7 Å². The van der Waals surface area contributed by atoms with E-state index in [0.29, 0.717) is 18.5 Å². The minimum atomic E-state index is -0.778. The zero-order valence-electron chi connectivity index (χ0n) is 15.4. The molecular formula is C20H22N2O5. The number of hydrogen-bond acceptors (Lipinski definition) is 5. The molecule has 1 aliphatic heterocycles. The first-order chi connectivity index (χ1) is 12.9. The highest BCUT2D eigenvalue weighted by atomic mass is 16.5. The molecule has 2 aliphatic rings. The van der Waals surface area contributed by atoms with Gasteiger partial charge in [0.05, 0.1) is 11.8 Å². The van der Waals surface area contributed by atoms with Crippen molar-refractivity contribution in [1.82, 2.24) is 4.90 Å². The number of hydrogen-bond donors (Lipinski definition) is 1. The smallest absolute Gasteiger partial charge is 0.326 e. The van der Waals surface area contributed by atoms with Gasteiger partial charge in [0.2, 0.25) is 11.8 Å². The van der Waals surface area contributed by atoms with Crippen molar-refractivity contribution in [3.05, 3.63) is 41.5 Å². The van der Waals surface area contributed by atoms with Gasteiger partial charge < -0.3 is 10.1 Å². The van der Waals surface area contributed by atoms with Gasteiger partial charge in [0, 0.05) is 5.69 Å². The number of allylic oxidation sites excluding steroid dienone is 2. The molecule has 0 spiro atoms. The predicted molar refractivity (Wildman–Crippen MR) is 97.6 cm³/mol. The molecule has 3 rings (SSSR count). The van der Waals surface area contributed by atoms with Gasteiger partial charge in [-0.05, 0) is 43.9 Å². The molecule has 3 amide bonds. The van der Waals surface area contributed by atoms with E-state index in [4.69, 9.17) is 4.74 Å². The summed E-state index contributed by atoms with van der Waals surface area (Å²) in [6.45, 7) is 2.84. The lowest BCUT2D eigenvalue weighted by Crippen LogP contribution is -2.37. The Hall–Kier alpha value is -2.96. The largest absolute Gasteiger partial charge is 0.454 e. The second-order valence-corrected chi connectivity index (χ2v) is 6.95. The number of esters is 1. The molecule has 0 aromatic heterocycles. The number of carbonyl (C=O) groups excluding carboxylic acids is 4. The van der Waals surface area contributed by atoms with Crippen LogP contribution in [-0.4, -0.2) is 41.7 Å². The first kappa shape index (κ1) is 18.8. The molecule has 1 aromatic carbocycles. The minimum Gasteiger partial charge on any atom is -0.454 e. The number of amides is 3. The zero-order valence-corrected chi connectivity index (χ0v) is 15.4. The van der Waals surface area contributed by atoms with Crippen molar-refractivity contribution in [2.75, 3.05) is 18.5 Å². The summed E-state index contributed by atoms with van der Waals surface area (Å²) in [6.07, 6.45) is 4.79. The third-order valence-electron chi connectivity index (χ3n) is 4.92. The molecule has 0 saturated carbocycles. The summed E-state index contributed by atoms with van der Waals surface area (Å²) in [5.41, 5.74) is 2.54. The van der Waals surface area contributed by atoms with Gasteiger partial charge in [-0.25, -0.2) is 0 Å². The molecule has 0 bridgehead atoms. The van der Waals surface area contributed by atoms with Crippen molar-refractivity contribution in [1.29, 1.82) is 0 Å². The maximum Gasteiger partial charge on any atom is 0.326 e. The molecule has 7 heteroatoms. The van der Waals surface area contributed by atoms with Gasteiger partial charge in [-0.2, -0.15) is 0 Å². The molecular weight excluding hydrogens is 348 g/mol. The van der Waals surface area contributed by atoms with Crippen LogP contribution in [0.4, 0.5) is 5.69 Å². The van der Waals surface area contributed by atoms with E-state index in [1.54, 1.807) is 0 Å². The van der Waals surface area contributed by atoms with Crippen molar-refractivity contribution >= 4 is 29.4 Å². The molecule has 27 heavy (non-hydrogen) atoms. The summed E-state index contributed by atoms with van der Waals surface area (Å²) in [6, 6.07) is 5.64. The van der Waals surface area contributed by atoms with Crippen LogP contribution in [0.2, 0.25) is 0 Å². The summed E-state index contributed by atoms with van der Waals surface area (Å²) in [4.78, 5) is 49.6. The molecule has 2 atom stereocenters. The van der Waals surface area contributed by atoms with Gasteiger partial charge in [-0.1, -0.05) is 24.3 Å². The van der Waals surface area contributed by atoms with Gasteiger partial charge in [-0.3, -0.25) is 24.1 Å². The molecule has 7 nitrogen and oxygen atoms in total.